The van der Waals surface area contributed by atoms with E-state index in [2.05, 4.69) is 12.2 Å². The van der Waals surface area contributed by atoms with Gasteiger partial charge in [0, 0.05) is 0 Å². The number of hydrogen-bond acceptors (Lipinski definition) is 4. The molecule has 1 N–H and O–H groups in total. The van der Waals surface area contributed by atoms with E-state index in [1.165, 1.54) is 38.5 Å². The van der Waals surface area contributed by atoms with Gasteiger partial charge >= 0.3 is 12.1 Å². The lowest BCUT2D eigenvalue weighted by molar-refractivity contribution is -0.142. The topological polar surface area (TPSA) is 64.6 Å². The van der Waals surface area contributed by atoms with Crippen molar-refractivity contribution in [1.82, 2.24) is 5.32 Å². The quantitative estimate of drug-likeness (QED) is 0.452. The summed E-state index contributed by atoms with van der Waals surface area (Å²) in [5.74, 6) is -0.00902. The van der Waals surface area contributed by atoms with Crippen molar-refractivity contribution in [3.8, 4) is 5.75 Å². The molecule has 0 bridgehead atoms. The second-order valence-corrected chi connectivity index (χ2v) is 5.75. The van der Waals surface area contributed by atoms with Crippen LogP contribution in [0.25, 0.3) is 0 Å². The molecule has 0 saturated heterocycles. The molecule has 5 heteroatoms. The Kier molecular flexibility index (Phi) is 11.2. The van der Waals surface area contributed by atoms with Crippen molar-refractivity contribution in [2.45, 2.75) is 58.3 Å². The number of unbranched alkanes of at least 4 members (excludes halogenated alkanes) is 7. The average molecular weight is 335 g/mol. The minimum Gasteiger partial charge on any atom is -0.464 e. The van der Waals surface area contributed by atoms with Crippen LogP contribution in [-0.4, -0.2) is 25.2 Å². The standard InChI is InChI=1S/C19H29NO4/c1-2-3-4-5-6-7-8-12-15-23-18(21)16-20-19(22)24-17-13-10-9-11-14-17/h9-11,13-14H,2-8,12,15-16H2,1H3,(H,20,22). The molecule has 0 spiro atoms. The number of hydrogen-bond donors (Lipinski definition) is 1. The molecule has 0 aliphatic heterocycles. The van der Waals surface area contributed by atoms with Crippen molar-refractivity contribution >= 4 is 12.1 Å². The maximum absolute atomic E-state index is 11.5. The van der Waals surface area contributed by atoms with Crippen molar-refractivity contribution in [3.63, 3.8) is 0 Å². The zero-order chi connectivity index (χ0) is 17.5. The monoisotopic (exact) mass is 335 g/mol. The van der Waals surface area contributed by atoms with Gasteiger partial charge in [-0.25, -0.2) is 4.79 Å². The lowest BCUT2D eigenvalue weighted by Gasteiger charge is -2.07. The van der Waals surface area contributed by atoms with E-state index in [0.29, 0.717) is 12.4 Å². The van der Waals surface area contributed by atoms with E-state index in [1.54, 1.807) is 24.3 Å². The lowest BCUT2D eigenvalue weighted by Crippen LogP contribution is -2.32. The second-order valence-electron chi connectivity index (χ2n) is 5.75. The highest BCUT2D eigenvalue weighted by Crippen LogP contribution is 2.09. The molecule has 1 amide bonds. The zero-order valence-corrected chi connectivity index (χ0v) is 14.6. The summed E-state index contributed by atoms with van der Waals surface area (Å²) in [6.07, 6.45) is 8.91. The van der Waals surface area contributed by atoms with Gasteiger partial charge in [0.1, 0.15) is 12.3 Å². The molecule has 0 aromatic heterocycles. The molecule has 134 valence electrons. The van der Waals surface area contributed by atoms with Crippen molar-refractivity contribution in [2.24, 2.45) is 0 Å². The highest BCUT2D eigenvalue weighted by Gasteiger charge is 2.08. The minimum absolute atomic E-state index is 0.178. The fourth-order valence-electron chi connectivity index (χ4n) is 2.25. The molecule has 1 aromatic carbocycles. The van der Waals surface area contributed by atoms with Crippen LogP contribution in [0.2, 0.25) is 0 Å². The van der Waals surface area contributed by atoms with Gasteiger partial charge in [0.25, 0.3) is 0 Å². The maximum Gasteiger partial charge on any atom is 0.413 e. The Bertz CT molecular complexity index is 462. The first kappa shape index (κ1) is 20.0. The van der Waals surface area contributed by atoms with E-state index in [1.807, 2.05) is 6.07 Å². The Balaban J connectivity index is 1.95. The van der Waals surface area contributed by atoms with Crippen LogP contribution < -0.4 is 10.1 Å². The Morgan fingerprint density at radius 2 is 1.54 bits per heavy atom. The Labute approximate surface area is 144 Å². The van der Waals surface area contributed by atoms with E-state index in [4.69, 9.17) is 9.47 Å². The van der Waals surface area contributed by atoms with E-state index < -0.39 is 12.1 Å². The number of para-hydroxylation sites is 1. The third-order valence-corrected chi connectivity index (χ3v) is 3.59. The molecule has 0 fully saturated rings. The summed E-state index contributed by atoms with van der Waals surface area (Å²) in [6.45, 7) is 2.44. The van der Waals surface area contributed by atoms with Crippen molar-refractivity contribution < 1.29 is 19.1 Å². The van der Waals surface area contributed by atoms with Crippen LogP contribution in [0.1, 0.15) is 58.3 Å². The third-order valence-electron chi connectivity index (χ3n) is 3.59. The van der Waals surface area contributed by atoms with Gasteiger partial charge < -0.3 is 14.8 Å². The number of rotatable bonds is 12. The van der Waals surface area contributed by atoms with Crippen LogP contribution >= 0.6 is 0 Å². The SMILES string of the molecule is CCCCCCCCCCOC(=O)CNC(=O)Oc1ccccc1. The fraction of sp³-hybridized carbons (Fsp3) is 0.579. The molecule has 0 heterocycles. The fourth-order valence-corrected chi connectivity index (χ4v) is 2.25. The first-order chi connectivity index (χ1) is 11.7. The van der Waals surface area contributed by atoms with Crippen LogP contribution in [0.3, 0.4) is 0 Å². The number of nitrogens with one attached hydrogen (secondary N) is 1. The lowest BCUT2D eigenvalue weighted by atomic mass is 10.1. The van der Waals surface area contributed by atoms with Gasteiger partial charge in [-0.05, 0) is 18.6 Å². The predicted octanol–water partition coefficient (Wildman–Crippen LogP) is 4.46. The summed E-state index contributed by atoms with van der Waals surface area (Å²) < 4.78 is 10.1. The highest BCUT2D eigenvalue weighted by molar-refractivity contribution is 5.78. The summed E-state index contributed by atoms with van der Waals surface area (Å²) in [4.78, 5) is 23.0. The first-order valence-corrected chi connectivity index (χ1v) is 8.88. The third kappa shape index (κ3) is 10.6. The second kappa shape index (κ2) is 13.4. The molecule has 1 rings (SSSR count). The first-order valence-electron chi connectivity index (χ1n) is 8.88. The Hall–Kier alpha value is -2.04. The van der Waals surface area contributed by atoms with Crippen molar-refractivity contribution in [3.05, 3.63) is 30.3 Å². The summed E-state index contributed by atoms with van der Waals surface area (Å²) in [7, 11) is 0. The van der Waals surface area contributed by atoms with E-state index in [9.17, 15) is 9.59 Å². The van der Waals surface area contributed by atoms with Crippen LogP contribution in [-0.2, 0) is 9.53 Å². The average Bonchev–Trinajstić information content (AvgIpc) is 2.59. The van der Waals surface area contributed by atoms with Crippen LogP contribution in [0, 0.1) is 0 Å². The smallest absolute Gasteiger partial charge is 0.413 e. The molecular weight excluding hydrogens is 306 g/mol. The minimum atomic E-state index is -0.662. The van der Waals surface area contributed by atoms with Crippen LogP contribution in [0.15, 0.2) is 30.3 Å². The van der Waals surface area contributed by atoms with Gasteiger partial charge in [-0.15, -0.1) is 0 Å². The molecule has 0 saturated carbocycles. The highest BCUT2D eigenvalue weighted by atomic mass is 16.6. The summed E-state index contributed by atoms with van der Waals surface area (Å²) in [6, 6.07) is 8.69. The molecule has 0 radical (unpaired) electrons. The number of ether oxygens (including phenoxy) is 2. The molecular formula is C19H29NO4. The number of carbonyl (C=O) groups is 2. The van der Waals surface area contributed by atoms with Gasteiger partial charge in [0.15, 0.2) is 0 Å². The van der Waals surface area contributed by atoms with Gasteiger partial charge in [-0.2, -0.15) is 0 Å². The molecule has 5 nitrogen and oxygen atoms in total. The number of carbonyl (C=O) groups excluding carboxylic acids is 2. The number of amides is 1. The summed E-state index contributed by atoms with van der Waals surface area (Å²) in [5, 5.41) is 2.38. The summed E-state index contributed by atoms with van der Waals surface area (Å²) >= 11 is 0. The van der Waals surface area contributed by atoms with Crippen LogP contribution in [0.4, 0.5) is 4.79 Å². The van der Waals surface area contributed by atoms with Gasteiger partial charge in [0.05, 0.1) is 6.61 Å². The molecule has 24 heavy (non-hydrogen) atoms. The molecule has 0 aliphatic rings. The maximum atomic E-state index is 11.5. The molecule has 0 unspecified atom stereocenters. The van der Waals surface area contributed by atoms with Crippen LogP contribution in [0.5, 0.6) is 5.75 Å². The van der Waals surface area contributed by atoms with E-state index in [-0.39, 0.29) is 6.54 Å². The normalized spacial score (nSPS) is 10.2. The molecule has 1 aromatic rings. The van der Waals surface area contributed by atoms with Gasteiger partial charge in [-0.3, -0.25) is 4.79 Å². The molecule has 0 aliphatic carbocycles. The van der Waals surface area contributed by atoms with Gasteiger partial charge in [-0.1, -0.05) is 70.1 Å². The summed E-state index contributed by atoms with van der Waals surface area (Å²) in [5.41, 5.74) is 0. The van der Waals surface area contributed by atoms with Crippen molar-refractivity contribution in [1.29, 1.82) is 0 Å². The Morgan fingerprint density at radius 1 is 0.917 bits per heavy atom. The van der Waals surface area contributed by atoms with Gasteiger partial charge in [0.2, 0.25) is 0 Å². The number of esters is 1. The Morgan fingerprint density at radius 3 is 2.21 bits per heavy atom. The van der Waals surface area contributed by atoms with Crippen molar-refractivity contribution in [2.75, 3.05) is 13.2 Å². The number of benzene rings is 1. The predicted molar refractivity (Wildman–Crippen MR) is 94.0 cm³/mol. The zero-order valence-electron chi connectivity index (χ0n) is 14.6. The van der Waals surface area contributed by atoms with E-state index in [0.717, 1.165) is 12.8 Å². The molecule has 0 atom stereocenters. The van der Waals surface area contributed by atoms with E-state index >= 15 is 0 Å². The largest absolute Gasteiger partial charge is 0.464 e.